The molecule has 6 nitrogen and oxygen atoms in total. The van der Waals surface area contributed by atoms with E-state index >= 15 is 0 Å². The Morgan fingerprint density at radius 3 is 2.76 bits per heavy atom. The minimum Gasteiger partial charge on any atom is -0.378 e. The number of carbonyl (C=O) groups excluding carboxylic acids is 1. The van der Waals surface area contributed by atoms with Crippen molar-refractivity contribution in [1.29, 1.82) is 0 Å². The van der Waals surface area contributed by atoms with Crippen molar-refractivity contribution in [2.24, 2.45) is 0 Å². The monoisotopic (exact) mass is 480 g/mol. The predicted octanol–water partition coefficient (Wildman–Crippen LogP) is 4.61. The van der Waals surface area contributed by atoms with Gasteiger partial charge in [-0.05, 0) is 54.3 Å². The first-order valence-electron chi connectivity index (χ1n) is 11.2. The molecule has 0 radical (unpaired) electrons. The third-order valence-corrected chi connectivity index (χ3v) is 5.94. The maximum Gasteiger partial charge on any atom is 0.247 e. The van der Waals surface area contributed by atoms with Gasteiger partial charge >= 0.3 is 0 Å². The molecule has 0 spiro atoms. The number of rotatable bonds is 8. The van der Waals surface area contributed by atoms with Crippen LogP contribution in [0.5, 0.6) is 0 Å². The average molecular weight is 481 g/mol. The second kappa shape index (κ2) is 11.2. The van der Waals surface area contributed by atoms with Crippen molar-refractivity contribution in [2.45, 2.75) is 19.3 Å². The molecule has 0 saturated carbocycles. The van der Waals surface area contributed by atoms with E-state index in [0.29, 0.717) is 67.8 Å². The molecule has 4 rings (SSSR count). The molecule has 0 atom stereocenters. The molecule has 0 bridgehead atoms. The van der Waals surface area contributed by atoms with E-state index in [1.54, 1.807) is 12.3 Å². The summed E-state index contributed by atoms with van der Waals surface area (Å²) in [6.45, 7) is 6.05. The van der Waals surface area contributed by atoms with Crippen LogP contribution in [-0.2, 0) is 28.8 Å². The minimum atomic E-state index is -0.255. The van der Waals surface area contributed by atoms with Gasteiger partial charge in [-0.1, -0.05) is 36.4 Å². The van der Waals surface area contributed by atoms with E-state index in [1.807, 2.05) is 41.3 Å². The van der Waals surface area contributed by atoms with Crippen molar-refractivity contribution >= 4 is 28.9 Å². The molecule has 1 aliphatic heterocycles. The average Bonchev–Trinajstić information content (AvgIpc) is 2.85. The Morgan fingerprint density at radius 1 is 1.18 bits per heavy atom. The molecular weight excluding hydrogens is 455 g/mol. The number of carbonyl (C=O) groups is 1. The van der Waals surface area contributed by atoms with Crippen LogP contribution in [0.1, 0.15) is 22.6 Å². The number of morpholine rings is 1. The van der Waals surface area contributed by atoms with Gasteiger partial charge in [0.15, 0.2) is 0 Å². The summed E-state index contributed by atoms with van der Waals surface area (Å²) in [7, 11) is 0. The second-order valence-corrected chi connectivity index (χ2v) is 8.44. The van der Waals surface area contributed by atoms with Crippen LogP contribution in [0.3, 0.4) is 0 Å². The van der Waals surface area contributed by atoms with E-state index < -0.39 is 0 Å². The van der Waals surface area contributed by atoms with E-state index in [1.165, 1.54) is 6.08 Å². The zero-order valence-electron chi connectivity index (χ0n) is 18.8. The Bertz CT molecular complexity index is 1180. The highest BCUT2D eigenvalue weighted by Crippen LogP contribution is 2.23. The SMILES string of the molecule is C=CC(=O)Nc1cccc(CCc2nc(Cc3ccc(N4CCOCC4)c(F)c3)ncc2Cl)c1. The normalized spacial score (nSPS) is 13.5. The summed E-state index contributed by atoms with van der Waals surface area (Å²) in [6.07, 6.45) is 4.54. The summed E-state index contributed by atoms with van der Waals surface area (Å²) in [5.41, 5.74) is 3.88. The molecule has 34 heavy (non-hydrogen) atoms. The van der Waals surface area contributed by atoms with Gasteiger partial charge < -0.3 is 15.0 Å². The second-order valence-electron chi connectivity index (χ2n) is 8.04. The van der Waals surface area contributed by atoms with Gasteiger partial charge in [-0.25, -0.2) is 14.4 Å². The summed E-state index contributed by atoms with van der Waals surface area (Å²) >= 11 is 6.35. The Kier molecular flexibility index (Phi) is 7.87. The van der Waals surface area contributed by atoms with Crippen LogP contribution in [-0.4, -0.2) is 42.2 Å². The number of amides is 1. The molecule has 1 saturated heterocycles. The van der Waals surface area contributed by atoms with Crippen molar-refractivity contribution < 1.29 is 13.9 Å². The van der Waals surface area contributed by atoms with Gasteiger partial charge in [-0.15, -0.1) is 0 Å². The largest absolute Gasteiger partial charge is 0.378 e. The van der Waals surface area contributed by atoms with Gasteiger partial charge in [0.2, 0.25) is 5.91 Å². The quantitative estimate of drug-likeness (QED) is 0.477. The molecule has 176 valence electrons. The standard InChI is InChI=1S/C26H26ClFN4O2/c1-2-26(33)30-20-5-3-4-18(14-20)6-8-23-21(27)17-29-25(31-23)16-19-7-9-24(22(28)15-19)32-10-12-34-13-11-32/h2-5,7,9,14-15,17H,1,6,8,10-13,16H2,(H,30,33). The highest BCUT2D eigenvalue weighted by molar-refractivity contribution is 6.31. The molecule has 1 aromatic heterocycles. The van der Waals surface area contributed by atoms with Gasteiger partial charge in [0.1, 0.15) is 11.6 Å². The maximum atomic E-state index is 14.7. The number of hydrogen-bond acceptors (Lipinski definition) is 5. The van der Waals surface area contributed by atoms with Crippen LogP contribution in [0, 0.1) is 5.82 Å². The third kappa shape index (κ3) is 6.18. The van der Waals surface area contributed by atoms with Crippen molar-refractivity contribution in [3.05, 3.63) is 94.8 Å². The summed E-state index contributed by atoms with van der Waals surface area (Å²) in [5.74, 6) is 0.0805. The van der Waals surface area contributed by atoms with Crippen molar-refractivity contribution in [2.75, 3.05) is 36.5 Å². The first kappa shape index (κ1) is 23.9. The fraction of sp³-hybridized carbons (Fsp3) is 0.269. The molecule has 1 aliphatic rings. The number of aromatic nitrogens is 2. The fourth-order valence-corrected chi connectivity index (χ4v) is 4.05. The summed E-state index contributed by atoms with van der Waals surface area (Å²) < 4.78 is 20.1. The van der Waals surface area contributed by atoms with Crippen molar-refractivity contribution in [3.63, 3.8) is 0 Å². The maximum absolute atomic E-state index is 14.7. The molecule has 0 unspecified atom stereocenters. The van der Waals surface area contributed by atoms with E-state index in [9.17, 15) is 9.18 Å². The van der Waals surface area contributed by atoms with Crippen LogP contribution in [0.2, 0.25) is 5.02 Å². The first-order chi connectivity index (χ1) is 16.5. The van der Waals surface area contributed by atoms with Crippen LogP contribution >= 0.6 is 11.6 Å². The third-order valence-electron chi connectivity index (χ3n) is 5.62. The molecule has 1 amide bonds. The van der Waals surface area contributed by atoms with E-state index in [0.717, 1.165) is 16.8 Å². The highest BCUT2D eigenvalue weighted by atomic mass is 35.5. The molecular formula is C26H26ClFN4O2. The number of halogens is 2. The van der Waals surface area contributed by atoms with Crippen LogP contribution in [0.15, 0.2) is 61.3 Å². The molecule has 2 aromatic carbocycles. The summed E-state index contributed by atoms with van der Waals surface area (Å²) in [5, 5.41) is 3.25. The lowest BCUT2D eigenvalue weighted by molar-refractivity contribution is -0.111. The van der Waals surface area contributed by atoms with Gasteiger partial charge in [-0.2, -0.15) is 0 Å². The molecule has 8 heteroatoms. The number of ether oxygens (including phenoxy) is 1. The Balaban J connectivity index is 1.42. The molecule has 0 aliphatic carbocycles. The number of nitrogens with zero attached hydrogens (tertiary/aromatic N) is 3. The van der Waals surface area contributed by atoms with Crippen molar-refractivity contribution in [3.8, 4) is 0 Å². The Hall–Kier alpha value is -3.29. The molecule has 3 aromatic rings. The number of anilines is 2. The number of hydrogen-bond donors (Lipinski definition) is 1. The lowest BCUT2D eigenvalue weighted by Gasteiger charge is -2.29. The molecule has 2 heterocycles. The minimum absolute atomic E-state index is 0.253. The zero-order valence-corrected chi connectivity index (χ0v) is 19.5. The van der Waals surface area contributed by atoms with Crippen LogP contribution < -0.4 is 10.2 Å². The van der Waals surface area contributed by atoms with E-state index in [-0.39, 0.29) is 11.7 Å². The van der Waals surface area contributed by atoms with Crippen molar-refractivity contribution in [1.82, 2.24) is 9.97 Å². The Labute approximate surface area is 203 Å². The van der Waals surface area contributed by atoms with Gasteiger partial charge in [-0.3, -0.25) is 4.79 Å². The summed E-state index contributed by atoms with van der Waals surface area (Å²) in [4.78, 5) is 22.5. The topological polar surface area (TPSA) is 67.4 Å². The van der Waals surface area contributed by atoms with Gasteiger partial charge in [0.25, 0.3) is 0 Å². The Morgan fingerprint density at radius 2 is 2.00 bits per heavy atom. The molecule has 1 N–H and O–H groups in total. The van der Waals surface area contributed by atoms with Gasteiger partial charge in [0, 0.05) is 31.4 Å². The van der Waals surface area contributed by atoms with E-state index in [2.05, 4.69) is 21.9 Å². The first-order valence-corrected chi connectivity index (χ1v) is 11.5. The lowest BCUT2D eigenvalue weighted by Crippen LogP contribution is -2.36. The highest BCUT2D eigenvalue weighted by Gasteiger charge is 2.16. The molecule has 1 fully saturated rings. The van der Waals surface area contributed by atoms with Crippen LogP contribution in [0.25, 0.3) is 0 Å². The van der Waals surface area contributed by atoms with Crippen LogP contribution in [0.4, 0.5) is 15.8 Å². The lowest BCUT2D eigenvalue weighted by atomic mass is 10.1. The predicted molar refractivity (Wildman–Crippen MR) is 132 cm³/mol. The van der Waals surface area contributed by atoms with Gasteiger partial charge in [0.05, 0.1) is 29.6 Å². The number of nitrogens with one attached hydrogen (secondary N) is 1. The number of benzene rings is 2. The smallest absolute Gasteiger partial charge is 0.247 e. The summed E-state index contributed by atoms with van der Waals surface area (Å²) in [6, 6.07) is 12.9. The van der Waals surface area contributed by atoms with E-state index in [4.69, 9.17) is 16.3 Å². The zero-order chi connectivity index (χ0) is 23.9. The fourth-order valence-electron chi connectivity index (χ4n) is 3.87. The number of aryl methyl sites for hydroxylation is 2.